The zero-order valence-electron chi connectivity index (χ0n) is 16.7. The fourth-order valence-corrected chi connectivity index (χ4v) is 3.43. The summed E-state index contributed by atoms with van der Waals surface area (Å²) in [5.74, 6) is -0.0760. The van der Waals surface area contributed by atoms with Crippen LogP contribution in [-0.2, 0) is 4.74 Å². The number of esters is 1. The highest BCUT2D eigenvalue weighted by atomic mass is 16.6. The minimum atomic E-state index is -0.697. The maximum absolute atomic E-state index is 12.9. The first-order valence-corrected chi connectivity index (χ1v) is 9.56. The molecule has 31 heavy (non-hydrogen) atoms. The maximum atomic E-state index is 12.9. The molecule has 0 aliphatic heterocycles. The van der Waals surface area contributed by atoms with Crippen molar-refractivity contribution in [3.05, 3.63) is 88.5 Å². The van der Waals surface area contributed by atoms with E-state index in [9.17, 15) is 14.4 Å². The lowest BCUT2D eigenvalue weighted by Gasteiger charge is -2.20. The van der Waals surface area contributed by atoms with Gasteiger partial charge in [0.05, 0.1) is 23.9 Å². The lowest BCUT2D eigenvalue weighted by molar-refractivity contribution is 0.0451. The molecule has 0 saturated carbocycles. The number of ketones is 2. The molecule has 0 aromatic heterocycles. The Kier molecular flexibility index (Phi) is 5.41. The normalized spacial score (nSPS) is 12.0. The highest BCUT2D eigenvalue weighted by Crippen LogP contribution is 2.32. The first-order valence-electron chi connectivity index (χ1n) is 9.56. The van der Waals surface area contributed by atoms with Crippen molar-refractivity contribution in [2.24, 2.45) is 0 Å². The zero-order valence-corrected chi connectivity index (χ0v) is 16.7. The van der Waals surface area contributed by atoms with Gasteiger partial charge in [0.25, 0.3) is 0 Å². The first kappa shape index (κ1) is 20.2. The van der Waals surface area contributed by atoms with Gasteiger partial charge >= 0.3 is 5.97 Å². The number of carbonyl (C=O) groups is 3. The number of fused-ring (bicyclic) bond motifs is 2. The molecule has 3 aromatic carbocycles. The summed E-state index contributed by atoms with van der Waals surface area (Å²) in [4.78, 5) is 38.1. The number of nitrogen functional groups attached to an aromatic ring is 1. The summed E-state index contributed by atoms with van der Waals surface area (Å²) in [5, 5.41) is 0. The van der Waals surface area contributed by atoms with Gasteiger partial charge in [-0.05, 0) is 36.4 Å². The smallest absolute Gasteiger partial charge is 0.340 e. The van der Waals surface area contributed by atoms with Gasteiger partial charge in [0.15, 0.2) is 11.6 Å². The van der Waals surface area contributed by atoms with Crippen molar-refractivity contribution in [2.45, 2.75) is 0 Å². The predicted octanol–water partition coefficient (Wildman–Crippen LogP) is 3.29. The fraction of sp³-hybridized carbons (Fsp3) is 0.125. The number of anilines is 1. The molecule has 7 nitrogen and oxygen atoms in total. The monoisotopic (exact) mass is 417 g/mol. The summed E-state index contributed by atoms with van der Waals surface area (Å²) in [5.41, 5.74) is 6.90. The highest BCUT2D eigenvalue weighted by Gasteiger charge is 2.33. The van der Waals surface area contributed by atoms with Gasteiger partial charge in [0, 0.05) is 16.7 Å². The van der Waals surface area contributed by atoms with Crippen LogP contribution in [0.2, 0.25) is 0 Å². The Morgan fingerprint density at radius 1 is 0.806 bits per heavy atom. The van der Waals surface area contributed by atoms with Gasteiger partial charge in [0.1, 0.15) is 24.7 Å². The third kappa shape index (κ3) is 3.73. The molecule has 0 fully saturated rings. The van der Waals surface area contributed by atoms with Crippen LogP contribution in [0.4, 0.5) is 5.69 Å². The summed E-state index contributed by atoms with van der Waals surface area (Å²) in [6, 6.07) is 16.4. The lowest BCUT2D eigenvalue weighted by Crippen LogP contribution is -2.24. The molecule has 1 aliphatic carbocycles. The highest BCUT2D eigenvalue weighted by molar-refractivity contribution is 6.30. The summed E-state index contributed by atoms with van der Waals surface area (Å²) in [7, 11) is 1.57. The van der Waals surface area contributed by atoms with E-state index in [4.69, 9.17) is 19.9 Å². The number of methoxy groups -OCH3 is 1. The van der Waals surface area contributed by atoms with Crippen LogP contribution in [0.5, 0.6) is 11.5 Å². The minimum absolute atomic E-state index is 0.0168. The fourth-order valence-electron chi connectivity index (χ4n) is 3.43. The van der Waals surface area contributed by atoms with Crippen molar-refractivity contribution in [3.63, 3.8) is 0 Å². The van der Waals surface area contributed by atoms with Gasteiger partial charge < -0.3 is 19.9 Å². The number of carbonyl (C=O) groups excluding carboxylic acids is 3. The average Bonchev–Trinajstić information content (AvgIpc) is 2.80. The van der Waals surface area contributed by atoms with Crippen molar-refractivity contribution < 1.29 is 28.6 Å². The SMILES string of the molecule is COc1ccc(OCCOC(=O)c2ccc3c(c2N)C(=O)c2ccccc2C3=O)cc1. The van der Waals surface area contributed by atoms with Gasteiger partial charge in [-0.3, -0.25) is 9.59 Å². The molecule has 0 spiro atoms. The van der Waals surface area contributed by atoms with Gasteiger partial charge in [0.2, 0.25) is 0 Å². The van der Waals surface area contributed by atoms with Crippen molar-refractivity contribution in [3.8, 4) is 11.5 Å². The molecule has 0 saturated heterocycles. The van der Waals surface area contributed by atoms with Crippen LogP contribution in [0.1, 0.15) is 42.2 Å². The second-order valence-corrected chi connectivity index (χ2v) is 6.81. The van der Waals surface area contributed by atoms with E-state index < -0.39 is 5.97 Å². The number of hydrogen-bond donors (Lipinski definition) is 1. The molecule has 2 N–H and O–H groups in total. The molecule has 156 valence electrons. The van der Waals surface area contributed by atoms with Crippen molar-refractivity contribution in [2.75, 3.05) is 26.1 Å². The number of rotatable bonds is 6. The van der Waals surface area contributed by atoms with Crippen molar-refractivity contribution in [1.29, 1.82) is 0 Å². The molecule has 3 aromatic rings. The van der Waals surface area contributed by atoms with E-state index in [1.165, 1.54) is 12.1 Å². The van der Waals surface area contributed by atoms with Crippen LogP contribution in [0, 0.1) is 0 Å². The Balaban J connectivity index is 1.46. The zero-order chi connectivity index (χ0) is 22.0. The van der Waals surface area contributed by atoms with Gasteiger partial charge in [-0.25, -0.2) is 4.79 Å². The summed E-state index contributed by atoms with van der Waals surface area (Å²) < 4.78 is 15.8. The second kappa shape index (κ2) is 8.31. The van der Waals surface area contributed by atoms with Crippen LogP contribution in [0.25, 0.3) is 0 Å². The topological polar surface area (TPSA) is 105 Å². The third-order valence-electron chi connectivity index (χ3n) is 5.00. The molecule has 4 rings (SSSR count). The predicted molar refractivity (Wildman–Crippen MR) is 113 cm³/mol. The van der Waals surface area contributed by atoms with Crippen molar-refractivity contribution >= 4 is 23.2 Å². The molecule has 0 amide bonds. The Labute approximate surface area is 178 Å². The number of nitrogens with two attached hydrogens (primary N) is 1. The summed E-state index contributed by atoms with van der Waals surface area (Å²) >= 11 is 0. The van der Waals surface area contributed by atoms with E-state index in [2.05, 4.69) is 0 Å². The Hall–Kier alpha value is -4.13. The quantitative estimate of drug-likeness (QED) is 0.292. The molecular formula is C24H19NO6. The van der Waals surface area contributed by atoms with Crippen LogP contribution < -0.4 is 15.2 Å². The van der Waals surface area contributed by atoms with Crippen LogP contribution in [0.3, 0.4) is 0 Å². The minimum Gasteiger partial charge on any atom is -0.497 e. The number of ether oxygens (including phenoxy) is 3. The molecular weight excluding hydrogens is 398 g/mol. The van der Waals surface area contributed by atoms with E-state index in [1.807, 2.05) is 0 Å². The Bertz CT molecular complexity index is 1180. The summed E-state index contributed by atoms with van der Waals surface area (Å²) in [6.45, 7) is 0.116. The summed E-state index contributed by atoms with van der Waals surface area (Å²) in [6.07, 6.45) is 0. The number of benzene rings is 3. The largest absolute Gasteiger partial charge is 0.497 e. The van der Waals surface area contributed by atoms with E-state index in [1.54, 1.807) is 55.6 Å². The third-order valence-corrected chi connectivity index (χ3v) is 5.00. The molecule has 0 unspecified atom stereocenters. The second-order valence-electron chi connectivity index (χ2n) is 6.81. The lowest BCUT2D eigenvalue weighted by atomic mass is 9.82. The van der Waals surface area contributed by atoms with Gasteiger partial charge in [-0.1, -0.05) is 24.3 Å². The van der Waals surface area contributed by atoms with Gasteiger partial charge in [-0.2, -0.15) is 0 Å². The van der Waals surface area contributed by atoms with Gasteiger partial charge in [-0.15, -0.1) is 0 Å². The van der Waals surface area contributed by atoms with Crippen molar-refractivity contribution in [1.82, 2.24) is 0 Å². The maximum Gasteiger partial charge on any atom is 0.340 e. The van der Waals surface area contributed by atoms with Crippen LogP contribution >= 0.6 is 0 Å². The van der Waals surface area contributed by atoms with Crippen LogP contribution in [-0.4, -0.2) is 37.9 Å². The average molecular weight is 417 g/mol. The molecule has 0 atom stereocenters. The van der Waals surface area contributed by atoms with E-state index >= 15 is 0 Å². The van der Waals surface area contributed by atoms with E-state index in [0.717, 1.165) is 0 Å². The van der Waals surface area contributed by atoms with Crippen LogP contribution in [0.15, 0.2) is 60.7 Å². The number of hydrogen-bond acceptors (Lipinski definition) is 7. The molecule has 1 aliphatic rings. The molecule has 0 radical (unpaired) electrons. The standard InChI is InChI=1S/C24H19NO6/c1-29-14-6-8-15(9-7-14)30-12-13-31-24(28)19-11-10-18-20(21(19)25)23(27)17-5-3-2-4-16(17)22(18)26/h2-11H,12-13,25H2,1H3. The molecule has 0 bridgehead atoms. The first-order chi connectivity index (χ1) is 15.0. The Morgan fingerprint density at radius 3 is 2.13 bits per heavy atom. The molecule has 0 heterocycles. The molecule has 7 heteroatoms. The van der Waals surface area contributed by atoms with E-state index in [-0.39, 0.29) is 52.7 Å². The Morgan fingerprint density at radius 2 is 1.45 bits per heavy atom. The van der Waals surface area contributed by atoms with E-state index in [0.29, 0.717) is 17.1 Å².